The van der Waals surface area contributed by atoms with E-state index in [0.717, 1.165) is 0 Å². The van der Waals surface area contributed by atoms with E-state index in [1.165, 1.54) is 33.1 Å². The lowest BCUT2D eigenvalue weighted by atomic mass is 10.2. The number of methoxy groups -OCH3 is 1. The van der Waals surface area contributed by atoms with Gasteiger partial charge in [0, 0.05) is 13.7 Å². The van der Waals surface area contributed by atoms with Crippen molar-refractivity contribution in [3.05, 3.63) is 41.3 Å². The van der Waals surface area contributed by atoms with Crippen LogP contribution >= 0.6 is 0 Å². The van der Waals surface area contributed by atoms with E-state index >= 15 is 0 Å². The molecule has 0 atom stereocenters. The molecule has 8 nitrogen and oxygen atoms in total. The topological polar surface area (TPSA) is 111 Å². The maximum Gasteiger partial charge on any atom is 0.267 e. The molecule has 2 rings (SSSR count). The van der Waals surface area contributed by atoms with Crippen LogP contribution in [0.3, 0.4) is 0 Å². The molecule has 2 N–H and O–H groups in total. The Hall–Kier alpha value is -2.39. The Kier molecular flexibility index (Phi) is 5.58. The van der Waals surface area contributed by atoms with Crippen LogP contribution in [0.15, 0.2) is 33.7 Å². The minimum absolute atomic E-state index is 0.0305. The summed E-state index contributed by atoms with van der Waals surface area (Å²) in [6.07, 6.45) is 0. The van der Waals surface area contributed by atoms with Gasteiger partial charge >= 0.3 is 0 Å². The Morgan fingerprint density at radius 2 is 2.00 bits per heavy atom. The van der Waals surface area contributed by atoms with Crippen LogP contribution in [0.5, 0.6) is 0 Å². The predicted octanol–water partition coefficient (Wildman–Crippen LogP) is 1.47. The van der Waals surface area contributed by atoms with E-state index in [0.29, 0.717) is 13.2 Å². The average molecular weight is 353 g/mol. The smallest absolute Gasteiger partial charge is 0.267 e. The van der Waals surface area contributed by atoms with E-state index in [-0.39, 0.29) is 27.6 Å². The largest absolute Gasteiger partial charge is 0.383 e. The first kappa shape index (κ1) is 18.0. The van der Waals surface area contributed by atoms with Crippen LogP contribution in [0.25, 0.3) is 0 Å². The van der Waals surface area contributed by atoms with Gasteiger partial charge in [0.05, 0.1) is 17.9 Å². The van der Waals surface area contributed by atoms with Gasteiger partial charge in [-0.2, -0.15) is 0 Å². The number of hydrogen-bond donors (Lipinski definition) is 2. The molecular weight excluding hydrogens is 334 g/mol. The summed E-state index contributed by atoms with van der Waals surface area (Å²) in [4.78, 5) is 12.2. The average Bonchev–Trinajstić information content (AvgIpc) is 2.87. The highest BCUT2D eigenvalue weighted by Gasteiger charge is 2.25. The maximum absolute atomic E-state index is 12.6. The fraction of sp³-hybridized carbons (Fsp3) is 0.333. The van der Waals surface area contributed by atoms with Crippen LogP contribution < -0.4 is 10.0 Å². The number of aromatic nitrogens is 1. The Labute approximate surface area is 140 Å². The van der Waals surface area contributed by atoms with Crippen LogP contribution in [0.4, 0.5) is 5.69 Å². The summed E-state index contributed by atoms with van der Waals surface area (Å²) in [5, 5.41) is 6.30. The van der Waals surface area contributed by atoms with Crippen LogP contribution in [-0.4, -0.2) is 39.7 Å². The summed E-state index contributed by atoms with van der Waals surface area (Å²) >= 11 is 0. The van der Waals surface area contributed by atoms with Gasteiger partial charge in [0.2, 0.25) is 0 Å². The van der Waals surface area contributed by atoms with Crippen molar-refractivity contribution in [2.24, 2.45) is 0 Å². The third-order valence-corrected chi connectivity index (χ3v) is 4.85. The lowest BCUT2D eigenvalue weighted by Crippen LogP contribution is -2.28. The minimum atomic E-state index is -3.92. The zero-order valence-electron chi connectivity index (χ0n) is 13.6. The molecule has 1 aromatic carbocycles. The van der Waals surface area contributed by atoms with E-state index in [4.69, 9.17) is 9.26 Å². The number of anilines is 1. The molecule has 9 heteroatoms. The van der Waals surface area contributed by atoms with Crippen molar-refractivity contribution in [1.29, 1.82) is 0 Å². The normalized spacial score (nSPS) is 11.3. The number of aryl methyl sites for hydroxylation is 2. The summed E-state index contributed by atoms with van der Waals surface area (Å²) in [7, 11) is -2.40. The molecule has 1 aromatic heterocycles. The third kappa shape index (κ3) is 3.92. The molecule has 0 saturated carbocycles. The van der Waals surface area contributed by atoms with Gasteiger partial charge in [-0.3, -0.25) is 9.52 Å². The number of benzene rings is 1. The lowest BCUT2D eigenvalue weighted by molar-refractivity contribution is 0.0938. The fourth-order valence-electron chi connectivity index (χ4n) is 2.19. The number of carbonyl (C=O) groups is 1. The van der Waals surface area contributed by atoms with E-state index < -0.39 is 15.9 Å². The first-order valence-corrected chi connectivity index (χ1v) is 8.67. The van der Waals surface area contributed by atoms with Gasteiger partial charge in [0.1, 0.15) is 5.69 Å². The van der Waals surface area contributed by atoms with Crippen molar-refractivity contribution in [3.8, 4) is 0 Å². The third-order valence-electron chi connectivity index (χ3n) is 3.24. The van der Waals surface area contributed by atoms with Crippen molar-refractivity contribution >= 4 is 21.6 Å². The van der Waals surface area contributed by atoms with Crippen LogP contribution in [0, 0.1) is 13.8 Å². The molecule has 0 bridgehead atoms. The summed E-state index contributed by atoms with van der Waals surface area (Å²) < 4.78 is 37.3. The maximum atomic E-state index is 12.6. The van der Waals surface area contributed by atoms with Gasteiger partial charge in [-0.1, -0.05) is 17.3 Å². The predicted molar refractivity (Wildman–Crippen MR) is 87.4 cm³/mol. The standard InChI is InChI=1S/C15H19N3O5S/c1-10-14(11(2)23-17-10)24(20,21)18-13-7-5-4-6-12(13)15(19)16-8-9-22-3/h4-7,18H,8-9H2,1-3H3,(H,16,19). The molecule has 0 unspecified atom stereocenters. The van der Waals surface area contributed by atoms with E-state index in [2.05, 4.69) is 15.2 Å². The second kappa shape index (κ2) is 7.45. The van der Waals surface area contributed by atoms with Gasteiger partial charge in [0.25, 0.3) is 15.9 Å². The number of amides is 1. The molecule has 0 saturated heterocycles. The highest BCUT2D eigenvalue weighted by molar-refractivity contribution is 7.92. The second-order valence-corrected chi connectivity index (χ2v) is 6.67. The zero-order valence-corrected chi connectivity index (χ0v) is 14.4. The molecule has 0 aliphatic heterocycles. The first-order chi connectivity index (χ1) is 11.4. The number of para-hydroxylation sites is 1. The monoisotopic (exact) mass is 353 g/mol. The van der Waals surface area contributed by atoms with Gasteiger partial charge in [-0.05, 0) is 26.0 Å². The number of sulfonamides is 1. The van der Waals surface area contributed by atoms with Gasteiger partial charge in [-0.25, -0.2) is 8.42 Å². The fourth-order valence-corrected chi connectivity index (χ4v) is 3.60. The highest BCUT2D eigenvalue weighted by atomic mass is 32.2. The SMILES string of the molecule is COCCNC(=O)c1ccccc1NS(=O)(=O)c1c(C)noc1C. The van der Waals surface area contributed by atoms with Crippen LogP contribution in [0.1, 0.15) is 21.8 Å². The molecule has 0 fully saturated rings. The molecule has 0 aliphatic carbocycles. The Morgan fingerprint density at radius 3 is 2.62 bits per heavy atom. The van der Waals surface area contributed by atoms with E-state index in [1.54, 1.807) is 12.1 Å². The summed E-state index contributed by atoms with van der Waals surface area (Å²) in [6, 6.07) is 6.34. The number of carbonyl (C=O) groups excluding carboxylic acids is 1. The Morgan fingerprint density at radius 1 is 1.29 bits per heavy atom. The number of nitrogens with zero attached hydrogens (tertiary/aromatic N) is 1. The van der Waals surface area contributed by atoms with E-state index in [9.17, 15) is 13.2 Å². The molecule has 1 heterocycles. The number of ether oxygens (including phenoxy) is 1. The first-order valence-electron chi connectivity index (χ1n) is 7.18. The Balaban J connectivity index is 2.29. The molecular formula is C15H19N3O5S. The van der Waals surface area contributed by atoms with Crippen molar-refractivity contribution in [3.63, 3.8) is 0 Å². The van der Waals surface area contributed by atoms with E-state index in [1.807, 2.05) is 0 Å². The van der Waals surface area contributed by atoms with Crippen LogP contribution in [0.2, 0.25) is 0 Å². The molecule has 0 aliphatic rings. The lowest BCUT2D eigenvalue weighted by Gasteiger charge is -2.12. The molecule has 130 valence electrons. The number of rotatable bonds is 7. The van der Waals surface area contributed by atoms with Crippen LogP contribution in [-0.2, 0) is 14.8 Å². The Bertz CT molecular complexity index is 810. The van der Waals surface area contributed by atoms with Crippen molar-refractivity contribution < 1.29 is 22.5 Å². The second-order valence-electron chi connectivity index (χ2n) is 5.05. The van der Waals surface area contributed by atoms with Gasteiger partial charge in [0.15, 0.2) is 10.7 Å². The van der Waals surface area contributed by atoms with Crippen molar-refractivity contribution in [2.75, 3.05) is 25.0 Å². The molecule has 1 amide bonds. The van der Waals surface area contributed by atoms with Gasteiger partial charge in [-0.15, -0.1) is 0 Å². The quantitative estimate of drug-likeness (QED) is 0.729. The molecule has 2 aromatic rings. The summed E-state index contributed by atoms with van der Waals surface area (Å²) in [5.41, 5.74) is 0.637. The van der Waals surface area contributed by atoms with Crippen molar-refractivity contribution in [1.82, 2.24) is 10.5 Å². The zero-order chi connectivity index (χ0) is 17.7. The van der Waals surface area contributed by atoms with Gasteiger partial charge < -0.3 is 14.6 Å². The number of hydrogen-bond acceptors (Lipinski definition) is 6. The number of nitrogens with one attached hydrogen (secondary N) is 2. The summed E-state index contributed by atoms with van der Waals surface area (Å²) in [5.74, 6) is -0.217. The highest BCUT2D eigenvalue weighted by Crippen LogP contribution is 2.24. The minimum Gasteiger partial charge on any atom is -0.383 e. The molecule has 0 radical (unpaired) electrons. The summed E-state index contributed by atoms with van der Waals surface area (Å²) in [6.45, 7) is 3.73. The van der Waals surface area contributed by atoms with Crippen molar-refractivity contribution in [2.45, 2.75) is 18.7 Å². The molecule has 0 spiro atoms. The molecule has 24 heavy (non-hydrogen) atoms.